The van der Waals surface area contributed by atoms with Crippen LogP contribution in [-0.4, -0.2) is 72.0 Å². The van der Waals surface area contributed by atoms with Gasteiger partial charge < -0.3 is 14.8 Å². The molecule has 5 rings (SSSR count). The number of ether oxygens (including phenoxy) is 1. The van der Waals surface area contributed by atoms with Crippen LogP contribution in [0.5, 0.6) is 5.88 Å². The van der Waals surface area contributed by atoms with Crippen molar-refractivity contribution >= 4 is 17.7 Å². The first-order chi connectivity index (χ1) is 14.6. The first-order valence-corrected chi connectivity index (χ1v) is 9.95. The standard InChI is InChI=1S/C18H23N9O3/c1-30-9-12-3-2-6-26(12)25-16-22-14-10(7-13-15(28)23-18(29)21-13)8-19-27(14)17(24-16)20-11-4-5-11/h7-8,11-12,28H,2-6,9H2,1H3,(H,20,24,25)(H2,21,23,29)/t12-/m1/s1. The van der Waals surface area contributed by atoms with Gasteiger partial charge in [0.15, 0.2) is 5.65 Å². The molecule has 2 aliphatic rings. The Morgan fingerprint density at radius 2 is 2.23 bits per heavy atom. The average Bonchev–Trinajstić information content (AvgIpc) is 3.12. The van der Waals surface area contributed by atoms with E-state index in [-0.39, 0.29) is 23.7 Å². The van der Waals surface area contributed by atoms with E-state index in [1.54, 1.807) is 23.9 Å². The molecule has 12 heteroatoms. The summed E-state index contributed by atoms with van der Waals surface area (Å²) in [6.07, 6.45) is 7.39. The van der Waals surface area contributed by atoms with E-state index in [1.807, 2.05) is 0 Å². The molecule has 4 heterocycles. The fourth-order valence-electron chi connectivity index (χ4n) is 3.61. The molecule has 1 saturated heterocycles. The molecule has 0 spiro atoms. The van der Waals surface area contributed by atoms with Crippen LogP contribution in [-0.2, 0) is 4.74 Å². The summed E-state index contributed by atoms with van der Waals surface area (Å²) < 4.78 is 6.90. The predicted octanol–water partition coefficient (Wildman–Crippen LogP) is -1.11. The third-order valence-corrected chi connectivity index (χ3v) is 5.24. The van der Waals surface area contributed by atoms with Crippen molar-refractivity contribution in [3.8, 4) is 5.88 Å². The van der Waals surface area contributed by atoms with Gasteiger partial charge in [-0.3, -0.25) is 10.4 Å². The topological polar surface area (TPSA) is 149 Å². The highest BCUT2D eigenvalue weighted by Gasteiger charge is 2.26. The second-order valence-corrected chi connectivity index (χ2v) is 7.59. The number of hydrogen-bond acceptors (Lipinski definition) is 9. The van der Waals surface area contributed by atoms with Gasteiger partial charge >= 0.3 is 5.69 Å². The van der Waals surface area contributed by atoms with Crippen LogP contribution in [0.3, 0.4) is 0 Å². The third kappa shape index (κ3) is 3.66. The lowest BCUT2D eigenvalue weighted by atomic mass is 10.2. The minimum Gasteiger partial charge on any atom is -0.493 e. The molecule has 1 aliphatic heterocycles. The lowest BCUT2D eigenvalue weighted by molar-refractivity contribution is 0.128. The van der Waals surface area contributed by atoms with E-state index >= 15 is 0 Å². The van der Waals surface area contributed by atoms with Crippen molar-refractivity contribution in [1.29, 1.82) is 0 Å². The number of aromatic nitrogens is 6. The number of imidazole rings is 1. The maximum absolute atomic E-state index is 11.4. The van der Waals surface area contributed by atoms with E-state index in [0.717, 1.165) is 32.2 Å². The van der Waals surface area contributed by atoms with Crippen LogP contribution >= 0.6 is 0 Å². The van der Waals surface area contributed by atoms with Crippen LogP contribution in [0.1, 0.15) is 31.4 Å². The molecule has 1 atom stereocenters. The minimum atomic E-state index is -0.491. The van der Waals surface area contributed by atoms with Crippen molar-refractivity contribution in [3.05, 3.63) is 33.2 Å². The molecular weight excluding hydrogens is 390 g/mol. The van der Waals surface area contributed by atoms with Gasteiger partial charge in [0.1, 0.15) is 5.69 Å². The molecule has 0 radical (unpaired) electrons. The van der Waals surface area contributed by atoms with Crippen molar-refractivity contribution in [2.45, 2.75) is 37.8 Å². The highest BCUT2D eigenvalue weighted by Crippen LogP contribution is 2.22. The van der Waals surface area contributed by atoms with Gasteiger partial charge in [-0.15, -0.1) is 0 Å². The molecule has 30 heavy (non-hydrogen) atoms. The molecule has 0 amide bonds. The zero-order chi connectivity index (χ0) is 20.7. The first kappa shape index (κ1) is 18.8. The number of fused-ring (bicyclic) bond motifs is 1. The number of nitrogens with zero attached hydrogens (tertiary/aromatic N) is 6. The van der Waals surface area contributed by atoms with Crippen molar-refractivity contribution in [2.75, 3.05) is 25.7 Å². The number of H-pyrrole nitrogens is 2. The highest BCUT2D eigenvalue weighted by molar-refractivity contribution is 5.57. The van der Waals surface area contributed by atoms with Gasteiger partial charge in [0.2, 0.25) is 11.8 Å². The monoisotopic (exact) mass is 413 g/mol. The predicted molar refractivity (Wildman–Crippen MR) is 106 cm³/mol. The lowest BCUT2D eigenvalue weighted by Gasteiger charge is -2.24. The summed E-state index contributed by atoms with van der Waals surface area (Å²) in [7, 11) is 1.70. The average molecular weight is 413 g/mol. The number of hydrazine groups is 1. The lowest BCUT2D eigenvalue weighted by Crippen LogP contribution is -2.39. The Balaban J connectivity index is 1.60. The Kier molecular flexibility index (Phi) is 4.71. The first-order valence-electron chi connectivity index (χ1n) is 9.95. The Morgan fingerprint density at radius 3 is 2.97 bits per heavy atom. The fourth-order valence-corrected chi connectivity index (χ4v) is 3.61. The van der Waals surface area contributed by atoms with Gasteiger partial charge in [-0.1, -0.05) is 0 Å². The second kappa shape index (κ2) is 7.54. The van der Waals surface area contributed by atoms with Gasteiger partial charge in [-0.25, -0.2) is 14.8 Å². The summed E-state index contributed by atoms with van der Waals surface area (Å²) in [6, 6.07) is 0.502. The molecule has 158 valence electrons. The number of rotatable bonds is 6. The van der Waals surface area contributed by atoms with E-state index in [4.69, 9.17) is 4.74 Å². The second-order valence-electron chi connectivity index (χ2n) is 7.59. The van der Waals surface area contributed by atoms with Crippen molar-refractivity contribution in [3.63, 3.8) is 0 Å². The Bertz CT molecular complexity index is 1240. The Morgan fingerprint density at radius 1 is 1.37 bits per heavy atom. The quantitative estimate of drug-likeness (QED) is 0.398. The largest absolute Gasteiger partial charge is 0.493 e. The van der Waals surface area contributed by atoms with Crippen molar-refractivity contribution in [2.24, 2.45) is 4.99 Å². The van der Waals surface area contributed by atoms with E-state index in [0.29, 0.717) is 29.0 Å². The number of hydrogen-bond donors (Lipinski definition) is 4. The number of methoxy groups -OCH3 is 1. The van der Waals surface area contributed by atoms with Gasteiger partial charge in [0.25, 0.3) is 5.62 Å². The van der Waals surface area contributed by atoms with Crippen molar-refractivity contribution in [1.82, 2.24) is 34.6 Å². The normalized spacial score (nSPS) is 21.2. The van der Waals surface area contributed by atoms with Gasteiger partial charge in [0.05, 0.1) is 24.9 Å². The van der Waals surface area contributed by atoms with E-state index in [1.165, 1.54) is 0 Å². The number of nitrogens with one attached hydrogen (secondary N) is 3. The molecule has 12 nitrogen and oxygen atoms in total. The van der Waals surface area contributed by atoms with Crippen LogP contribution in [0.2, 0.25) is 0 Å². The van der Waals surface area contributed by atoms with E-state index in [2.05, 4.69) is 40.5 Å². The highest BCUT2D eigenvalue weighted by atomic mass is 16.5. The Labute approximate surface area is 170 Å². The van der Waals surface area contributed by atoms with E-state index in [9.17, 15) is 9.90 Å². The summed E-state index contributed by atoms with van der Waals surface area (Å²) in [5.74, 6) is 0.181. The Hall–Kier alpha value is -3.25. The van der Waals surface area contributed by atoms with Gasteiger partial charge in [0, 0.05) is 18.9 Å². The molecule has 0 bridgehead atoms. The molecule has 1 aliphatic carbocycles. The zero-order valence-corrected chi connectivity index (χ0v) is 16.5. The zero-order valence-electron chi connectivity index (χ0n) is 16.5. The molecule has 1 saturated carbocycles. The van der Waals surface area contributed by atoms with Gasteiger partial charge in [-0.2, -0.15) is 19.6 Å². The fraction of sp³-hybridized carbons (Fsp3) is 0.500. The van der Waals surface area contributed by atoms with Crippen LogP contribution < -0.4 is 22.0 Å². The maximum atomic E-state index is 11.4. The third-order valence-electron chi connectivity index (χ3n) is 5.24. The SMILES string of the molecule is COC[C@H]1CCCN1Nc1nc(=NC2CC2)n2ncc(=Cc3[nH]c(=O)[nH]c3O)c2n1. The number of aromatic hydroxyl groups is 1. The summed E-state index contributed by atoms with van der Waals surface area (Å²) in [4.78, 5) is 30.2. The summed E-state index contributed by atoms with van der Waals surface area (Å²) >= 11 is 0. The maximum Gasteiger partial charge on any atom is 0.326 e. The van der Waals surface area contributed by atoms with Crippen LogP contribution in [0, 0.1) is 0 Å². The van der Waals surface area contributed by atoms with Gasteiger partial charge in [-0.05, 0) is 31.8 Å². The molecule has 0 aromatic carbocycles. The summed E-state index contributed by atoms with van der Waals surface area (Å²) in [5, 5.41) is 17.0. The minimum absolute atomic E-state index is 0.242. The molecule has 0 unspecified atom stereocenters. The molecule has 2 fully saturated rings. The van der Waals surface area contributed by atoms with Crippen LogP contribution in [0.25, 0.3) is 11.7 Å². The van der Waals surface area contributed by atoms with Crippen LogP contribution in [0.4, 0.5) is 5.95 Å². The van der Waals surface area contributed by atoms with Crippen LogP contribution in [0.15, 0.2) is 16.0 Å². The molecule has 4 N–H and O–H groups in total. The van der Waals surface area contributed by atoms with E-state index < -0.39 is 5.69 Å². The number of anilines is 1. The van der Waals surface area contributed by atoms with Crippen molar-refractivity contribution < 1.29 is 9.84 Å². The molecular formula is C18H23N9O3. The number of aromatic amines is 2. The molecule has 3 aromatic rings. The smallest absolute Gasteiger partial charge is 0.326 e. The molecule has 3 aromatic heterocycles. The summed E-state index contributed by atoms with van der Waals surface area (Å²) in [5.41, 5.74) is 4.06. The summed E-state index contributed by atoms with van der Waals surface area (Å²) in [6.45, 7) is 1.49.